The van der Waals surface area contributed by atoms with E-state index < -0.39 is 0 Å². The first-order chi connectivity index (χ1) is 9.20. The Hall–Kier alpha value is -1.38. The van der Waals surface area contributed by atoms with E-state index in [4.69, 9.17) is 11.6 Å². The molecule has 0 aliphatic heterocycles. The topological polar surface area (TPSA) is 24.9 Å². The molecule has 2 atom stereocenters. The second-order valence-corrected chi connectivity index (χ2v) is 5.13. The summed E-state index contributed by atoms with van der Waals surface area (Å²) < 4.78 is 0. The lowest BCUT2D eigenvalue weighted by atomic mass is 10.0. The summed E-state index contributed by atoms with van der Waals surface area (Å²) in [4.78, 5) is 4.16. The molecule has 1 N–H and O–H groups in total. The molecule has 1 aromatic carbocycles. The van der Waals surface area contributed by atoms with Gasteiger partial charge in [0.05, 0.1) is 0 Å². The molecule has 0 bridgehead atoms. The monoisotopic (exact) mass is 274 g/mol. The third kappa shape index (κ3) is 3.79. The number of hydrogen-bond acceptors (Lipinski definition) is 2. The van der Waals surface area contributed by atoms with Gasteiger partial charge in [-0.1, -0.05) is 36.7 Å². The summed E-state index contributed by atoms with van der Waals surface area (Å²) in [5.41, 5.74) is 2.42. The van der Waals surface area contributed by atoms with E-state index in [9.17, 15) is 0 Å². The highest BCUT2D eigenvalue weighted by Crippen LogP contribution is 2.23. The summed E-state index contributed by atoms with van der Waals surface area (Å²) in [5, 5.41) is 4.41. The number of halogens is 1. The molecule has 0 fully saturated rings. The van der Waals surface area contributed by atoms with E-state index in [1.165, 1.54) is 11.1 Å². The fraction of sp³-hybridized carbons (Fsp3) is 0.312. The summed E-state index contributed by atoms with van der Waals surface area (Å²) in [5.74, 6) is 0. The maximum atomic E-state index is 6.06. The molecule has 0 amide bonds. The van der Waals surface area contributed by atoms with Crippen LogP contribution in [0.25, 0.3) is 0 Å². The fourth-order valence-electron chi connectivity index (χ4n) is 2.20. The zero-order valence-electron chi connectivity index (χ0n) is 11.3. The molecule has 2 unspecified atom stereocenters. The van der Waals surface area contributed by atoms with Gasteiger partial charge in [-0.25, -0.2) is 0 Å². The molecular formula is C16H19ClN2. The van der Waals surface area contributed by atoms with Gasteiger partial charge < -0.3 is 5.32 Å². The van der Waals surface area contributed by atoms with Gasteiger partial charge in [0.2, 0.25) is 0 Å². The van der Waals surface area contributed by atoms with E-state index >= 15 is 0 Å². The Balaban J connectivity index is 2.11. The van der Waals surface area contributed by atoms with Gasteiger partial charge in [-0.05, 0) is 42.7 Å². The van der Waals surface area contributed by atoms with E-state index in [0.29, 0.717) is 6.04 Å². The van der Waals surface area contributed by atoms with Crippen LogP contribution in [0, 0.1) is 0 Å². The largest absolute Gasteiger partial charge is 0.303 e. The number of aromatic nitrogens is 1. The standard InChI is InChI=1S/C16H19ClN2/c1-3-16(13-6-4-8-15(17)10-13)19-12(2)14-7-5-9-18-11-14/h4-12,16,19H,3H2,1-2H3. The average molecular weight is 275 g/mol. The van der Waals surface area contributed by atoms with Crippen LogP contribution in [0.4, 0.5) is 0 Å². The van der Waals surface area contributed by atoms with Crippen LogP contribution in [0.1, 0.15) is 43.5 Å². The maximum absolute atomic E-state index is 6.06. The third-order valence-electron chi connectivity index (χ3n) is 3.29. The molecule has 19 heavy (non-hydrogen) atoms. The van der Waals surface area contributed by atoms with Gasteiger partial charge in [0.1, 0.15) is 0 Å². The van der Waals surface area contributed by atoms with Crippen molar-refractivity contribution in [3.05, 3.63) is 64.9 Å². The van der Waals surface area contributed by atoms with E-state index in [2.05, 4.69) is 36.3 Å². The first kappa shape index (κ1) is 14.0. The molecule has 0 radical (unpaired) electrons. The maximum Gasteiger partial charge on any atom is 0.0409 e. The summed E-state index contributed by atoms with van der Waals surface area (Å²) in [6.45, 7) is 4.33. The van der Waals surface area contributed by atoms with E-state index in [1.807, 2.05) is 30.5 Å². The molecule has 100 valence electrons. The molecule has 0 saturated heterocycles. The van der Waals surface area contributed by atoms with Gasteiger partial charge >= 0.3 is 0 Å². The average Bonchev–Trinajstić information content (AvgIpc) is 2.45. The highest BCUT2D eigenvalue weighted by molar-refractivity contribution is 6.30. The molecule has 2 nitrogen and oxygen atoms in total. The lowest BCUT2D eigenvalue weighted by Crippen LogP contribution is -2.24. The molecule has 2 rings (SSSR count). The van der Waals surface area contributed by atoms with Crippen LogP contribution in [0.2, 0.25) is 5.02 Å². The molecular weight excluding hydrogens is 256 g/mol. The highest BCUT2D eigenvalue weighted by atomic mass is 35.5. The van der Waals surface area contributed by atoms with Crippen molar-refractivity contribution >= 4 is 11.6 Å². The van der Waals surface area contributed by atoms with Crippen LogP contribution in [0.3, 0.4) is 0 Å². The molecule has 1 heterocycles. The predicted octanol–water partition coefficient (Wildman–Crippen LogP) is 4.54. The van der Waals surface area contributed by atoms with Crippen molar-refractivity contribution in [3.63, 3.8) is 0 Å². The molecule has 2 aromatic rings. The second kappa shape index (κ2) is 6.69. The first-order valence-electron chi connectivity index (χ1n) is 6.62. The first-order valence-corrected chi connectivity index (χ1v) is 7.00. The number of rotatable bonds is 5. The normalized spacial score (nSPS) is 14.1. The lowest BCUT2D eigenvalue weighted by Gasteiger charge is -2.23. The quantitative estimate of drug-likeness (QED) is 0.866. The summed E-state index contributed by atoms with van der Waals surface area (Å²) in [7, 11) is 0. The van der Waals surface area contributed by atoms with Crippen molar-refractivity contribution in [2.75, 3.05) is 0 Å². The van der Waals surface area contributed by atoms with Crippen molar-refractivity contribution in [2.45, 2.75) is 32.4 Å². The molecule has 3 heteroatoms. The molecule has 1 aromatic heterocycles. The molecule has 0 aliphatic carbocycles. The molecule has 0 aliphatic rings. The van der Waals surface area contributed by atoms with E-state index in [0.717, 1.165) is 11.4 Å². The van der Waals surface area contributed by atoms with Crippen molar-refractivity contribution in [2.24, 2.45) is 0 Å². The third-order valence-corrected chi connectivity index (χ3v) is 3.53. The number of pyridine rings is 1. The van der Waals surface area contributed by atoms with Crippen LogP contribution in [-0.4, -0.2) is 4.98 Å². The minimum Gasteiger partial charge on any atom is -0.303 e. The highest BCUT2D eigenvalue weighted by Gasteiger charge is 2.13. The predicted molar refractivity (Wildman–Crippen MR) is 80.3 cm³/mol. The zero-order chi connectivity index (χ0) is 13.7. The van der Waals surface area contributed by atoms with Gasteiger partial charge in [-0.15, -0.1) is 0 Å². The Morgan fingerprint density at radius 2 is 2.00 bits per heavy atom. The second-order valence-electron chi connectivity index (χ2n) is 4.69. The fourth-order valence-corrected chi connectivity index (χ4v) is 2.40. The van der Waals surface area contributed by atoms with Crippen LogP contribution >= 0.6 is 11.6 Å². The van der Waals surface area contributed by atoms with Crippen LogP contribution in [-0.2, 0) is 0 Å². The van der Waals surface area contributed by atoms with Gasteiger partial charge in [-0.3, -0.25) is 4.98 Å². The van der Waals surface area contributed by atoms with Gasteiger partial charge in [0.15, 0.2) is 0 Å². The van der Waals surface area contributed by atoms with Gasteiger partial charge in [0, 0.05) is 29.5 Å². The minimum absolute atomic E-state index is 0.262. The SMILES string of the molecule is CCC(NC(C)c1cccnc1)c1cccc(Cl)c1. The van der Waals surface area contributed by atoms with Gasteiger partial charge in [0.25, 0.3) is 0 Å². The smallest absolute Gasteiger partial charge is 0.0409 e. The number of benzene rings is 1. The Morgan fingerprint density at radius 1 is 1.21 bits per heavy atom. The van der Waals surface area contributed by atoms with Crippen molar-refractivity contribution in [1.29, 1.82) is 0 Å². The summed E-state index contributed by atoms with van der Waals surface area (Å²) in [6.07, 6.45) is 4.72. The van der Waals surface area contributed by atoms with Crippen LogP contribution in [0.15, 0.2) is 48.8 Å². The zero-order valence-corrected chi connectivity index (χ0v) is 12.1. The number of nitrogens with one attached hydrogen (secondary N) is 1. The van der Waals surface area contributed by atoms with Crippen molar-refractivity contribution < 1.29 is 0 Å². The molecule has 0 saturated carbocycles. The van der Waals surface area contributed by atoms with Gasteiger partial charge in [-0.2, -0.15) is 0 Å². The van der Waals surface area contributed by atoms with E-state index in [-0.39, 0.29) is 6.04 Å². The molecule has 0 spiro atoms. The Bertz CT molecular complexity index is 513. The lowest BCUT2D eigenvalue weighted by molar-refractivity contribution is 0.456. The van der Waals surface area contributed by atoms with E-state index in [1.54, 1.807) is 6.20 Å². The van der Waals surface area contributed by atoms with Crippen LogP contribution < -0.4 is 5.32 Å². The number of hydrogen-bond donors (Lipinski definition) is 1. The number of nitrogens with zero attached hydrogens (tertiary/aromatic N) is 1. The van der Waals surface area contributed by atoms with Crippen LogP contribution in [0.5, 0.6) is 0 Å². The summed E-state index contributed by atoms with van der Waals surface area (Å²) >= 11 is 6.06. The minimum atomic E-state index is 0.262. The Kier molecular flexibility index (Phi) is 4.94. The summed E-state index contributed by atoms with van der Waals surface area (Å²) in [6, 6.07) is 12.7. The Morgan fingerprint density at radius 3 is 2.63 bits per heavy atom. The Labute approximate surface area is 119 Å². The van der Waals surface area contributed by atoms with Crippen molar-refractivity contribution in [3.8, 4) is 0 Å². The van der Waals surface area contributed by atoms with Crippen molar-refractivity contribution in [1.82, 2.24) is 10.3 Å².